The fraction of sp³-hybridized carbons (Fsp3) is 0.200. The van der Waals surface area contributed by atoms with Gasteiger partial charge in [-0.3, -0.25) is 0 Å². The predicted octanol–water partition coefficient (Wildman–Crippen LogP) is 4.87. The molecule has 0 saturated carbocycles. The minimum atomic E-state index is -0.157. The van der Waals surface area contributed by atoms with E-state index in [1.54, 1.807) is 7.11 Å². The van der Waals surface area contributed by atoms with E-state index in [0.29, 0.717) is 11.4 Å². The van der Waals surface area contributed by atoms with Crippen molar-refractivity contribution in [2.24, 2.45) is 0 Å². The molecule has 2 rings (SSSR count). The molecule has 2 aromatic carbocycles. The second-order valence-electron chi connectivity index (χ2n) is 4.01. The average Bonchev–Trinajstić information content (AvgIpc) is 2.39. The summed E-state index contributed by atoms with van der Waals surface area (Å²) in [5.74, 6) is 0.857. The molecule has 1 nitrogen and oxygen atoms in total. The van der Waals surface area contributed by atoms with Crippen molar-refractivity contribution >= 4 is 23.2 Å². The van der Waals surface area contributed by atoms with Crippen molar-refractivity contribution < 1.29 is 4.74 Å². The summed E-state index contributed by atoms with van der Waals surface area (Å²) < 4.78 is 5.32. The number of hydrogen-bond donors (Lipinski definition) is 0. The van der Waals surface area contributed by atoms with Gasteiger partial charge in [0, 0.05) is 5.02 Å². The molecule has 1 atom stereocenters. The SMILES string of the molecule is COc1ccccc1CC(Cl)c1ccccc1Cl. The van der Waals surface area contributed by atoms with E-state index in [1.165, 1.54) is 0 Å². The van der Waals surface area contributed by atoms with Crippen LogP contribution in [0.1, 0.15) is 16.5 Å². The second-order valence-corrected chi connectivity index (χ2v) is 4.94. The molecule has 0 bridgehead atoms. The number of hydrogen-bond acceptors (Lipinski definition) is 1. The molecular formula is C15H14Cl2O. The molecule has 0 aliphatic rings. The third-order valence-electron chi connectivity index (χ3n) is 2.83. The van der Waals surface area contributed by atoms with Crippen LogP contribution in [0.25, 0.3) is 0 Å². The summed E-state index contributed by atoms with van der Waals surface area (Å²) in [6, 6.07) is 15.5. The summed E-state index contributed by atoms with van der Waals surface area (Å²) in [4.78, 5) is 0. The smallest absolute Gasteiger partial charge is 0.122 e. The van der Waals surface area contributed by atoms with E-state index in [4.69, 9.17) is 27.9 Å². The fourth-order valence-electron chi connectivity index (χ4n) is 1.90. The Morgan fingerprint density at radius 2 is 1.72 bits per heavy atom. The molecule has 0 aliphatic heterocycles. The third kappa shape index (κ3) is 2.98. The van der Waals surface area contributed by atoms with Crippen molar-refractivity contribution in [2.75, 3.05) is 7.11 Å². The molecule has 0 radical (unpaired) electrons. The molecule has 0 fully saturated rings. The van der Waals surface area contributed by atoms with Crippen molar-refractivity contribution in [2.45, 2.75) is 11.8 Å². The average molecular weight is 281 g/mol. The van der Waals surface area contributed by atoms with E-state index in [-0.39, 0.29) is 5.38 Å². The van der Waals surface area contributed by atoms with E-state index in [0.717, 1.165) is 16.9 Å². The summed E-state index contributed by atoms with van der Waals surface area (Å²) in [5.41, 5.74) is 2.03. The van der Waals surface area contributed by atoms with Gasteiger partial charge in [0.25, 0.3) is 0 Å². The fourth-order valence-corrected chi connectivity index (χ4v) is 2.58. The lowest BCUT2D eigenvalue weighted by Crippen LogP contribution is -1.99. The summed E-state index contributed by atoms with van der Waals surface area (Å²) in [6.07, 6.45) is 0.690. The molecule has 0 saturated heterocycles. The summed E-state index contributed by atoms with van der Waals surface area (Å²) >= 11 is 12.6. The maximum atomic E-state index is 6.43. The highest BCUT2D eigenvalue weighted by atomic mass is 35.5. The van der Waals surface area contributed by atoms with Gasteiger partial charge >= 0.3 is 0 Å². The van der Waals surface area contributed by atoms with Crippen LogP contribution in [0.15, 0.2) is 48.5 Å². The van der Waals surface area contributed by atoms with E-state index < -0.39 is 0 Å². The molecule has 0 aromatic heterocycles. The number of ether oxygens (including phenoxy) is 1. The van der Waals surface area contributed by atoms with Gasteiger partial charge in [-0.1, -0.05) is 48.0 Å². The summed E-state index contributed by atoms with van der Waals surface area (Å²) in [6.45, 7) is 0. The van der Waals surface area contributed by atoms with Gasteiger partial charge in [0.2, 0.25) is 0 Å². The lowest BCUT2D eigenvalue weighted by Gasteiger charge is -2.14. The van der Waals surface area contributed by atoms with Crippen LogP contribution in [-0.4, -0.2) is 7.11 Å². The molecule has 1 unspecified atom stereocenters. The number of para-hydroxylation sites is 1. The van der Waals surface area contributed by atoms with Crippen LogP contribution in [-0.2, 0) is 6.42 Å². The lowest BCUT2D eigenvalue weighted by atomic mass is 10.0. The molecule has 3 heteroatoms. The topological polar surface area (TPSA) is 9.23 Å². The van der Waals surface area contributed by atoms with E-state index in [2.05, 4.69) is 0 Å². The first kappa shape index (κ1) is 13.3. The zero-order valence-corrected chi connectivity index (χ0v) is 11.6. The standard InChI is InChI=1S/C15H14Cl2O/c1-18-15-9-5-2-6-11(15)10-14(17)12-7-3-4-8-13(12)16/h2-9,14H,10H2,1H3. The van der Waals surface area contributed by atoms with Crippen molar-refractivity contribution in [3.8, 4) is 5.75 Å². The molecule has 94 valence electrons. The van der Waals surface area contributed by atoms with Crippen LogP contribution in [0.5, 0.6) is 5.75 Å². The van der Waals surface area contributed by atoms with Crippen molar-refractivity contribution in [1.29, 1.82) is 0 Å². The van der Waals surface area contributed by atoms with Gasteiger partial charge in [-0.25, -0.2) is 0 Å². The first-order valence-electron chi connectivity index (χ1n) is 5.72. The minimum Gasteiger partial charge on any atom is -0.496 e. The van der Waals surface area contributed by atoms with E-state index in [1.807, 2.05) is 48.5 Å². The summed E-state index contributed by atoms with van der Waals surface area (Å²) in [7, 11) is 1.66. The first-order chi connectivity index (χ1) is 8.72. The maximum Gasteiger partial charge on any atom is 0.122 e. The molecular weight excluding hydrogens is 267 g/mol. The number of benzene rings is 2. The molecule has 0 N–H and O–H groups in total. The van der Waals surface area contributed by atoms with Gasteiger partial charge in [0.15, 0.2) is 0 Å². The molecule has 18 heavy (non-hydrogen) atoms. The molecule has 0 amide bonds. The Morgan fingerprint density at radius 1 is 1.06 bits per heavy atom. The van der Waals surface area contributed by atoms with E-state index in [9.17, 15) is 0 Å². The van der Waals surface area contributed by atoms with E-state index >= 15 is 0 Å². The molecule has 0 spiro atoms. The predicted molar refractivity (Wildman–Crippen MR) is 76.7 cm³/mol. The minimum absolute atomic E-state index is 0.157. The van der Waals surface area contributed by atoms with Gasteiger partial charge in [-0.2, -0.15) is 0 Å². The first-order valence-corrected chi connectivity index (χ1v) is 6.54. The van der Waals surface area contributed by atoms with Gasteiger partial charge in [0.05, 0.1) is 12.5 Å². The Labute approximate surface area is 117 Å². The van der Waals surface area contributed by atoms with Crippen LogP contribution in [0.3, 0.4) is 0 Å². The van der Waals surface area contributed by atoms with Crippen LogP contribution in [0, 0.1) is 0 Å². The maximum absolute atomic E-state index is 6.43. The highest BCUT2D eigenvalue weighted by molar-refractivity contribution is 6.32. The molecule has 2 aromatic rings. The Morgan fingerprint density at radius 3 is 2.44 bits per heavy atom. The zero-order valence-electron chi connectivity index (χ0n) is 10.1. The van der Waals surface area contributed by atoms with Crippen molar-refractivity contribution in [3.05, 3.63) is 64.7 Å². The van der Waals surface area contributed by atoms with Crippen LogP contribution < -0.4 is 4.74 Å². The largest absolute Gasteiger partial charge is 0.496 e. The normalized spacial score (nSPS) is 12.2. The van der Waals surface area contributed by atoms with Crippen molar-refractivity contribution in [1.82, 2.24) is 0 Å². The monoisotopic (exact) mass is 280 g/mol. The number of halogens is 2. The molecule has 0 heterocycles. The summed E-state index contributed by atoms with van der Waals surface area (Å²) in [5, 5.41) is 0.544. The lowest BCUT2D eigenvalue weighted by molar-refractivity contribution is 0.409. The highest BCUT2D eigenvalue weighted by Gasteiger charge is 2.14. The molecule has 0 aliphatic carbocycles. The number of alkyl halides is 1. The van der Waals surface area contributed by atoms with Gasteiger partial charge in [-0.15, -0.1) is 11.6 Å². The second kappa shape index (κ2) is 6.12. The Bertz CT molecular complexity index is 525. The number of rotatable bonds is 4. The van der Waals surface area contributed by atoms with Gasteiger partial charge in [-0.05, 0) is 29.7 Å². The van der Waals surface area contributed by atoms with Crippen LogP contribution in [0.2, 0.25) is 5.02 Å². The number of methoxy groups -OCH3 is 1. The van der Waals surface area contributed by atoms with Crippen molar-refractivity contribution in [3.63, 3.8) is 0 Å². The Kier molecular flexibility index (Phi) is 4.51. The Hall–Kier alpha value is -1.18. The highest BCUT2D eigenvalue weighted by Crippen LogP contribution is 2.32. The quantitative estimate of drug-likeness (QED) is 0.726. The van der Waals surface area contributed by atoms with Gasteiger partial charge < -0.3 is 4.74 Å². The van der Waals surface area contributed by atoms with Crippen LogP contribution in [0.4, 0.5) is 0 Å². The van der Waals surface area contributed by atoms with Crippen LogP contribution >= 0.6 is 23.2 Å². The zero-order chi connectivity index (χ0) is 13.0. The van der Waals surface area contributed by atoms with Gasteiger partial charge in [0.1, 0.15) is 5.75 Å². The third-order valence-corrected chi connectivity index (χ3v) is 3.57. The Balaban J connectivity index is 2.21.